The van der Waals surface area contributed by atoms with Gasteiger partial charge in [0.1, 0.15) is 18.1 Å². The summed E-state index contributed by atoms with van der Waals surface area (Å²) in [5.41, 5.74) is 2.35. The van der Waals surface area contributed by atoms with Gasteiger partial charge in [-0.1, -0.05) is 36.3 Å². The van der Waals surface area contributed by atoms with Crippen molar-refractivity contribution in [1.82, 2.24) is 0 Å². The van der Waals surface area contributed by atoms with Gasteiger partial charge in [-0.3, -0.25) is 4.79 Å². The minimum absolute atomic E-state index is 0.171. The number of ether oxygens (including phenoxy) is 1. The molecule has 0 amide bonds. The first kappa shape index (κ1) is 24.2. The highest BCUT2D eigenvalue weighted by molar-refractivity contribution is 7.86. The molecule has 0 aliphatic carbocycles. The molecule has 168 valence electrons. The minimum Gasteiger partial charge on any atom is -0.493 e. The van der Waals surface area contributed by atoms with Crippen LogP contribution in [-0.4, -0.2) is 44.7 Å². The predicted octanol–water partition coefficient (Wildman–Crippen LogP) is 3.45. The standard InChI is InChI=1S/C22H27NO7S/c1-3-13-29-23-19(16-22(24)25)15-18-6-8-20(9-7-18)28-14-12-17-4-10-21(11-5-17)30-31(2,26)27/h4-11H,3,12-16H2,1-2H3,(H,24,25)/b23-19+. The molecule has 31 heavy (non-hydrogen) atoms. The molecule has 0 aliphatic heterocycles. The van der Waals surface area contributed by atoms with Gasteiger partial charge >= 0.3 is 16.1 Å². The lowest BCUT2D eigenvalue weighted by molar-refractivity contribution is -0.135. The summed E-state index contributed by atoms with van der Waals surface area (Å²) in [4.78, 5) is 16.1. The zero-order valence-corrected chi connectivity index (χ0v) is 18.4. The third-order valence-corrected chi connectivity index (χ3v) is 4.50. The van der Waals surface area contributed by atoms with E-state index < -0.39 is 16.1 Å². The lowest BCUT2D eigenvalue weighted by Crippen LogP contribution is -2.11. The Hall–Kier alpha value is -3.07. The van der Waals surface area contributed by atoms with Crippen molar-refractivity contribution in [2.24, 2.45) is 5.16 Å². The molecule has 9 heteroatoms. The van der Waals surface area contributed by atoms with E-state index in [2.05, 4.69) is 5.16 Å². The molecule has 0 unspecified atom stereocenters. The van der Waals surface area contributed by atoms with Crippen molar-refractivity contribution in [3.8, 4) is 11.5 Å². The molecule has 2 aromatic rings. The summed E-state index contributed by atoms with van der Waals surface area (Å²) in [7, 11) is -3.53. The molecule has 2 rings (SSSR count). The van der Waals surface area contributed by atoms with E-state index in [4.69, 9.17) is 18.9 Å². The maximum atomic E-state index is 11.1. The number of hydrogen-bond acceptors (Lipinski definition) is 7. The van der Waals surface area contributed by atoms with Gasteiger partial charge in [0.25, 0.3) is 0 Å². The van der Waals surface area contributed by atoms with Crippen molar-refractivity contribution < 1.29 is 32.1 Å². The Labute approximate surface area is 182 Å². The zero-order valence-electron chi connectivity index (χ0n) is 17.6. The number of rotatable bonds is 13. The van der Waals surface area contributed by atoms with Gasteiger partial charge in [-0.2, -0.15) is 8.42 Å². The average molecular weight is 450 g/mol. The van der Waals surface area contributed by atoms with E-state index >= 15 is 0 Å². The smallest absolute Gasteiger partial charge is 0.309 e. The van der Waals surface area contributed by atoms with Crippen LogP contribution in [0.5, 0.6) is 11.5 Å². The van der Waals surface area contributed by atoms with Crippen molar-refractivity contribution in [2.45, 2.75) is 32.6 Å². The fourth-order valence-corrected chi connectivity index (χ4v) is 3.10. The molecule has 0 aliphatic rings. The van der Waals surface area contributed by atoms with E-state index in [0.717, 1.165) is 23.8 Å². The number of hydrogen-bond donors (Lipinski definition) is 1. The lowest BCUT2D eigenvalue weighted by Gasteiger charge is -2.09. The summed E-state index contributed by atoms with van der Waals surface area (Å²) >= 11 is 0. The van der Waals surface area contributed by atoms with Gasteiger partial charge in [0.05, 0.1) is 25.0 Å². The number of nitrogens with zero attached hydrogens (tertiary/aromatic N) is 1. The van der Waals surface area contributed by atoms with Crippen LogP contribution in [0.2, 0.25) is 0 Å². The molecule has 0 saturated carbocycles. The van der Waals surface area contributed by atoms with E-state index in [-0.39, 0.29) is 12.2 Å². The molecule has 0 radical (unpaired) electrons. The maximum absolute atomic E-state index is 11.1. The van der Waals surface area contributed by atoms with Crippen molar-refractivity contribution >= 4 is 21.8 Å². The third kappa shape index (κ3) is 9.99. The normalized spacial score (nSPS) is 11.7. The van der Waals surface area contributed by atoms with Gasteiger partial charge in [0.2, 0.25) is 0 Å². The Kier molecular flexibility index (Phi) is 9.33. The number of carboxylic acids is 1. The monoisotopic (exact) mass is 449 g/mol. The molecule has 8 nitrogen and oxygen atoms in total. The van der Waals surface area contributed by atoms with Crippen LogP contribution in [0.25, 0.3) is 0 Å². The largest absolute Gasteiger partial charge is 0.493 e. The van der Waals surface area contributed by atoms with Crippen LogP contribution in [0.1, 0.15) is 30.9 Å². The number of carbonyl (C=O) groups is 1. The molecule has 0 aromatic heterocycles. The topological polar surface area (TPSA) is 111 Å². The fourth-order valence-electron chi connectivity index (χ4n) is 2.64. The predicted molar refractivity (Wildman–Crippen MR) is 117 cm³/mol. The van der Waals surface area contributed by atoms with Gasteiger partial charge in [-0.05, 0) is 41.8 Å². The third-order valence-electron chi connectivity index (χ3n) is 4.01. The zero-order chi connectivity index (χ0) is 22.7. The van der Waals surface area contributed by atoms with Crippen molar-refractivity contribution in [3.63, 3.8) is 0 Å². The molecule has 2 aromatic carbocycles. The van der Waals surface area contributed by atoms with E-state index in [1.54, 1.807) is 24.3 Å². The second kappa shape index (κ2) is 11.9. The summed E-state index contributed by atoms with van der Waals surface area (Å²) in [5.74, 6) is 0.0168. The van der Waals surface area contributed by atoms with Crippen molar-refractivity contribution in [2.75, 3.05) is 19.5 Å². The number of oxime groups is 1. The Bertz CT molecular complexity index is 968. The molecular formula is C22H27NO7S. The van der Waals surface area contributed by atoms with Crippen LogP contribution < -0.4 is 8.92 Å². The molecule has 0 saturated heterocycles. The van der Waals surface area contributed by atoms with Gasteiger partial charge in [-0.25, -0.2) is 0 Å². The van der Waals surface area contributed by atoms with Gasteiger partial charge < -0.3 is 18.9 Å². The SMILES string of the molecule is CCCO/N=C(/CC(=O)O)Cc1ccc(OCCc2ccc(OS(C)(=O)=O)cc2)cc1. The fraction of sp³-hybridized carbons (Fsp3) is 0.364. The summed E-state index contributed by atoms with van der Waals surface area (Å²) in [6.45, 7) is 2.85. The first-order valence-corrected chi connectivity index (χ1v) is 11.7. The first-order valence-electron chi connectivity index (χ1n) is 9.85. The van der Waals surface area contributed by atoms with Crippen LogP contribution in [0, 0.1) is 0 Å². The van der Waals surface area contributed by atoms with Crippen LogP contribution in [0.3, 0.4) is 0 Å². The van der Waals surface area contributed by atoms with Crippen LogP contribution in [0.15, 0.2) is 53.7 Å². The Morgan fingerprint density at radius 3 is 2.16 bits per heavy atom. The quantitative estimate of drug-likeness (QED) is 0.216. The van der Waals surface area contributed by atoms with E-state index in [0.29, 0.717) is 37.5 Å². The molecular weight excluding hydrogens is 422 g/mol. The highest BCUT2D eigenvalue weighted by Crippen LogP contribution is 2.16. The summed E-state index contributed by atoms with van der Waals surface area (Å²) in [5, 5.41) is 13.0. The van der Waals surface area contributed by atoms with Crippen molar-refractivity contribution in [3.05, 3.63) is 59.7 Å². The number of carboxylic acid groups (broad SMARTS) is 1. The molecule has 0 atom stereocenters. The van der Waals surface area contributed by atoms with Crippen LogP contribution >= 0.6 is 0 Å². The van der Waals surface area contributed by atoms with Crippen molar-refractivity contribution in [1.29, 1.82) is 0 Å². The molecule has 0 bridgehead atoms. The van der Waals surface area contributed by atoms with E-state index in [1.807, 2.05) is 31.2 Å². The van der Waals surface area contributed by atoms with Gasteiger partial charge in [-0.15, -0.1) is 0 Å². The average Bonchev–Trinajstić information content (AvgIpc) is 2.69. The Morgan fingerprint density at radius 1 is 0.968 bits per heavy atom. The molecule has 0 heterocycles. The van der Waals surface area contributed by atoms with Crippen LogP contribution in [-0.2, 0) is 32.6 Å². The molecule has 1 N–H and O–H groups in total. The first-order chi connectivity index (χ1) is 14.7. The number of benzene rings is 2. The number of aliphatic carboxylic acids is 1. The van der Waals surface area contributed by atoms with E-state index in [1.165, 1.54) is 0 Å². The molecule has 0 spiro atoms. The summed E-state index contributed by atoms with van der Waals surface area (Å²) < 4.78 is 32.8. The maximum Gasteiger partial charge on any atom is 0.309 e. The second-order valence-electron chi connectivity index (χ2n) is 6.91. The molecule has 0 fully saturated rings. The summed E-state index contributed by atoms with van der Waals surface area (Å²) in [6.07, 6.45) is 2.66. The Morgan fingerprint density at radius 2 is 1.58 bits per heavy atom. The lowest BCUT2D eigenvalue weighted by atomic mass is 10.1. The van der Waals surface area contributed by atoms with Crippen LogP contribution in [0.4, 0.5) is 0 Å². The highest BCUT2D eigenvalue weighted by atomic mass is 32.2. The minimum atomic E-state index is -3.53. The highest BCUT2D eigenvalue weighted by Gasteiger charge is 2.09. The second-order valence-corrected chi connectivity index (χ2v) is 8.49. The van der Waals surface area contributed by atoms with E-state index in [9.17, 15) is 13.2 Å². The van der Waals surface area contributed by atoms with Gasteiger partial charge in [0, 0.05) is 12.8 Å². The summed E-state index contributed by atoms with van der Waals surface area (Å²) in [6, 6.07) is 14.2. The van der Waals surface area contributed by atoms with Gasteiger partial charge in [0.15, 0.2) is 0 Å². The Balaban J connectivity index is 1.85.